The van der Waals surface area contributed by atoms with Crippen LogP contribution in [0.25, 0.3) is 0 Å². The largest absolute Gasteiger partial charge is 0.379 e. The van der Waals surface area contributed by atoms with E-state index in [1.807, 2.05) is 0 Å². The third-order valence-corrected chi connectivity index (χ3v) is 3.56. The van der Waals surface area contributed by atoms with Crippen LogP contribution in [-0.2, 0) is 4.74 Å². The molecule has 1 rings (SSSR count). The van der Waals surface area contributed by atoms with Gasteiger partial charge in [0.15, 0.2) is 0 Å². The number of unbranched alkanes of at least 4 members (excludes halogenated alkanes) is 1. The zero-order chi connectivity index (χ0) is 11.3. The second-order valence-corrected chi connectivity index (χ2v) is 5.46. The molecule has 0 heterocycles. The van der Waals surface area contributed by atoms with E-state index in [2.05, 4.69) is 33.0 Å². The Morgan fingerprint density at radius 2 is 1.87 bits per heavy atom. The smallest absolute Gasteiger partial charge is 0.0518 e. The van der Waals surface area contributed by atoms with E-state index in [4.69, 9.17) is 4.74 Å². The summed E-state index contributed by atoms with van der Waals surface area (Å²) >= 11 is 0. The average molecular weight is 213 g/mol. The molecule has 0 amide bonds. The van der Waals surface area contributed by atoms with Crippen LogP contribution in [0.15, 0.2) is 0 Å². The van der Waals surface area contributed by atoms with Crippen LogP contribution in [0.4, 0.5) is 0 Å². The van der Waals surface area contributed by atoms with Crippen LogP contribution in [0.1, 0.15) is 53.4 Å². The van der Waals surface area contributed by atoms with Crippen molar-refractivity contribution < 1.29 is 4.74 Å². The van der Waals surface area contributed by atoms with Gasteiger partial charge in [0.2, 0.25) is 0 Å². The summed E-state index contributed by atoms with van der Waals surface area (Å²) in [4.78, 5) is 0. The summed E-state index contributed by atoms with van der Waals surface area (Å²) < 4.78 is 5.50. The van der Waals surface area contributed by atoms with Crippen LogP contribution in [0, 0.1) is 5.41 Å². The molecule has 0 aromatic heterocycles. The van der Waals surface area contributed by atoms with E-state index in [1.54, 1.807) is 0 Å². The van der Waals surface area contributed by atoms with Crippen molar-refractivity contribution in [3.63, 3.8) is 0 Å². The van der Waals surface area contributed by atoms with E-state index in [-0.39, 0.29) is 0 Å². The zero-order valence-electron chi connectivity index (χ0n) is 10.8. The molecule has 1 aliphatic carbocycles. The van der Waals surface area contributed by atoms with Gasteiger partial charge in [-0.1, -0.05) is 6.92 Å². The molecule has 0 radical (unpaired) electrons. The SMILES string of the molecule is CC(C)OCCCCNC(C)C1(C)CC1. The zero-order valence-corrected chi connectivity index (χ0v) is 10.8. The van der Waals surface area contributed by atoms with Crippen molar-refractivity contribution >= 4 is 0 Å². The van der Waals surface area contributed by atoms with Gasteiger partial charge in [0.05, 0.1) is 6.10 Å². The van der Waals surface area contributed by atoms with Gasteiger partial charge >= 0.3 is 0 Å². The lowest BCUT2D eigenvalue weighted by atomic mass is 10.0. The van der Waals surface area contributed by atoms with Crippen LogP contribution in [0.5, 0.6) is 0 Å². The van der Waals surface area contributed by atoms with Crippen LogP contribution in [0.2, 0.25) is 0 Å². The van der Waals surface area contributed by atoms with Crippen LogP contribution in [-0.4, -0.2) is 25.3 Å². The third-order valence-electron chi connectivity index (χ3n) is 3.56. The minimum Gasteiger partial charge on any atom is -0.379 e. The number of nitrogens with one attached hydrogen (secondary N) is 1. The Morgan fingerprint density at radius 1 is 1.20 bits per heavy atom. The van der Waals surface area contributed by atoms with Gasteiger partial charge < -0.3 is 10.1 Å². The van der Waals surface area contributed by atoms with Gasteiger partial charge in [0, 0.05) is 12.6 Å². The lowest BCUT2D eigenvalue weighted by Gasteiger charge is -2.20. The highest BCUT2D eigenvalue weighted by atomic mass is 16.5. The predicted molar refractivity (Wildman–Crippen MR) is 65.1 cm³/mol. The molecular formula is C13H27NO. The minimum absolute atomic E-state index is 0.377. The molecule has 90 valence electrons. The predicted octanol–water partition coefficient (Wildman–Crippen LogP) is 2.97. The van der Waals surface area contributed by atoms with Gasteiger partial charge in [0.25, 0.3) is 0 Å². The molecule has 0 bridgehead atoms. The molecule has 1 fully saturated rings. The van der Waals surface area contributed by atoms with Gasteiger partial charge in [-0.2, -0.15) is 0 Å². The van der Waals surface area contributed by atoms with Crippen molar-refractivity contribution in [1.82, 2.24) is 5.32 Å². The molecule has 2 heteroatoms. The minimum atomic E-state index is 0.377. The van der Waals surface area contributed by atoms with Crippen molar-refractivity contribution in [3.05, 3.63) is 0 Å². The van der Waals surface area contributed by atoms with E-state index in [1.165, 1.54) is 25.7 Å². The highest BCUT2D eigenvalue weighted by molar-refractivity contribution is 4.96. The maximum absolute atomic E-state index is 5.50. The summed E-state index contributed by atoms with van der Waals surface area (Å²) in [5.74, 6) is 0. The van der Waals surface area contributed by atoms with E-state index in [9.17, 15) is 0 Å². The van der Waals surface area contributed by atoms with E-state index >= 15 is 0 Å². The van der Waals surface area contributed by atoms with E-state index < -0.39 is 0 Å². The average Bonchev–Trinajstić information content (AvgIpc) is 2.90. The third kappa shape index (κ3) is 4.98. The molecule has 1 aliphatic rings. The first kappa shape index (κ1) is 13.0. The summed E-state index contributed by atoms with van der Waals surface area (Å²) in [5, 5.41) is 3.62. The molecule has 1 atom stereocenters. The summed E-state index contributed by atoms with van der Waals surface area (Å²) in [6, 6.07) is 0.684. The molecular weight excluding hydrogens is 186 g/mol. The standard InChI is InChI=1S/C13H27NO/c1-11(2)15-10-6-5-9-14-12(3)13(4)7-8-13/h11-12,14H,5-10H2,1-4H3. The summed E-state index contributed by atoms with van der Waals surface area (Å²) in [5.41, 5.74) is 0.606. The summed E-state index contributed by atoms with van der Waals surface area (Å²) in [7, 11) is 0. The van der Waals surface area contributed by atoms with Crippen molar-refractivity contribution in [2.75, 3.05) is 13.2 Å². The van der Waals surface area contributed by atoms with Crippen molar-refractivity contribution in [2.24, 2.45) is 5.41 Å². The topological polar surface area (TPSA) is 21.3 Å². The number of hydrogen-bond acceptors (Lipinski definition) is 2. The molecule has 2 nitrogen and oxygen atoms in total. The molecule has 1 unspecified atom stereocenters. The van der Waals surface area contributed by atoms with Gasteiger partial charge in [-0.15, -0.1) is 0 Å². The van der Waals surface area contributed by atoms with Gasteiger partial charge in [0.1, 0.15) is 0 Å². The molecule has 0 aromatic carbocycles. The molecule has 1 saturated carbocycles. The number of hydrogen-bond donors (Lipinski definition) is 1. The fourth-order valence-corrected chi connectivity index (χ4v) is 1.74. The number of rotatable bonds is 8. The fraction of sp³-hybridized carbons (Fsp3) is 1.00. The highest BCUT2D eigenvalue weighted by Gasteiger charge is 2.41. The van der Waals surface area contributed by atoms with Crippen LogP contribution >= 0.6 is 0 Å². The molecule has 15 heavy (non-hydrogen) atoms. The lowest BCUT2D eigenvalue weighted by molar-refractivity contribution is 0.0758. The molecule has 0 spiro atoms. The normalized spacial score (nSPS) is 20.6. The van der Waals surface area contributed by atoms with Crippen LogP contribution in [0.3, 0.4) is 0 Å². The van der Waals surface area contributed by atoms with Gasteiger partial charge in [-0.3, -0.25) is 0 Å². The van der Waals surface area contributed by atoms with Gasteiger partial charge in [-0.05, 0) is 58.4 Å². The molecule has 0 aliphatic heterocycles. The Morgan fingerprint density at radius 3 is 2.40 bits per heavy atom. The second-order valence-electron chi connectivity index (χ2n) is 5.46. The second kappa shape index (κ2) is 5.86. The first-order valence-corrected chi connectivity index (χ1v) is 6.39. The first-order valence-electron chi connectivity index (χ1n) is 6.39. The monoisotopic (exact) mass is 213 g/mol. The summed E-state index contributed by atoms with van der Waals surface area (Å²) in [6.07, 6.45) is 5.58. The van der Waals surface area contributed by atoms with Gasteiger partial charge in [-0.25, -0.2) is 0 Å². The molecule has 0 saturated heterocycles. The maximum atomic E-state index is 5.50. The fourth-order valence-electron chi connectivity index (χ4n) is 1.74. The Kier molecular flexibility index (Phi) is 5.07. The Hall–Kier alpha value is -0.0800. The lowest BCUT2D eigenvalue weighted by Crippen LogP contribution is -2.34. The maximum Gasteiger partial charge on any atom is 0.0518 e. The summed E-state index contributed by atoms with van der Waals surface area (Å²) in [6.45, 7) is 10.9. The number of ether oxygens (including phenoxy) is 1. The Labute approximate surface area is 94.8 Å². The van der Waals surface area contributed by atoms with Crippen LogP contribution < -0.4 is 5.32 Å². The highest BCUT2D eigenvalue weighted by Crippen LogP contribution is 2.47. The Bertz CT molecular complexity index is 175. The Balaban J connectivity index is 1.88. The first-order chi connectivity index (χ1) is 7.04. The van der Waals surface area contributed by atoms with Crippen molar-refractivity contribution in [3.8, 4) is 0 Å². The molecule has 1 N–H and O–H groups in total. The quantitative estimate of drug-likeness (QED) is 0.626. The molecule has 0 aromatic rings. The van der Waals surface area contributed by atoms with E-state index in [0.717, 1.165) is 13.2 Å². The van der Waals surface area contributed by atoms with Crippen molar-refractivity contribution in [2.45, 2.75) is 65.5 Å². The van der Waals surface area contributed by atoms with E-state index in [0.29, 0.717) is 17.6 Å². The van der Waals surface area contributed by atoms with Crippen molar-refractivity contribution in [1.29, 1.82) is 0 Å².